The van der Waals surface area contributed by atoms with Crippen LogP contribution in [-0.4, -0.2) is 29.8 Å². The lowest BCUT2D eigenvalue weighted by Crippen LogP contribution is -2.29. The molecule has 0 amide bonds. The highest BCUT2D eigenvalue weighted by molar-refractivity contribution is 5.39. The van der Waals surface area contributed by atoms with Crippen LogP contribution < -0.4 is 10.1 Å². The Balaban J connectivity index is 1.89. The molecule has 2 aromatic rings. The fourth-order valence-electron chi connectivity index (χ4n) is 2.67. The number of hydrogen-bond donors (Lipinski definition) is 1. The first-order valence-corrected chi connectivity index (χ1v) is 6.76. The number of benzene rings is 1. The van der Waals surface area contributed by atoms with E-state index in [2.05, 4.69) is 27.0 Å². The SMILES string of the molecule is COc1ccc(-n2cncc2C2CCCNC2)cc1. The van der Waals surface area contributed by atoms with E-state index in [1.165, 1.54) is 18.5 Å². The van der Waals surface area contributed by atoms with E-state index >= 15 is 0 Å². The Kier molecular flexibility index (Phi) is 3.51. The van der Waals surface area contributed by atoms with Crippen LogP contribution in [0.5, 0.6) is 5.75 Å². The Morgan fingerprint density at radius 3 is 2.84 bits per heavy atom. The van der Waals surface area contributed by atoms with E-state index in [9.17, 15) is 0 Å². The first-order chi connectivity index (χ1) is 9.38. The third-order valence-corrected chi connectivity index (χ3v) is 3.73. The Labute approximate surface area is 113 Å². The van der Waals surface area contributed by atoms with Crippen LogP contribution in [0.4, 0.5) is 0 Å². The van der Waals surface area contributed by atoms with Crippen molar-refractivity contribution in [2.75, 3.05) is 20.2 Å². The summed E-state index contributed by atoms with van der Waals surface area (Å²) in [4.78, 5) is 4.32. The molecular weight excluding hydrogens is 238 g/mol. The number of rotatable bonds is 3. The monoisotopic (exact) mass is 257 g/mol. The molecular formula is C15H19N3O. The predicted molar refractivity (Wildman–Crippen MR) is 75.0 cm³/mol. The summed E-state index contributed by atoms with van der Waals surface area (Å²) in [5.74, 6) is 1.43. The first kappa shape index (κ1) is 12.2. The van der Waals surface area contributed by atoms with E-state index in [4.69, 9.17) is 4.74 Å². The molecule has 0 saturated carbocycles. The molecule has 1 fully saturated rings. The second-order valence-corrected chi connectivity index (χ2v) is 4.93. The number of imidazole rings is 1. The van der Waals surface area contributed by atoms with Crippen molar-refractivity contribution in [3.63, 3.8) is 0 Å². The number of piperidine rings is 1. The van der Waals surface area contributed by atoms with Crippen molar-refractivity contribution < 1.29 is 4.74 Å². The Morgan fingerprint density at radius 1 is 1.32 bits per heavy atom. The molecule has 1 aromatic heterocycles. The minimum Gasteiger partial charge on any atom is -0.497 e. The van der Waals surface area contributed by atoms with Gasteiger partial charge in [-0.1, -0.05) is 0 Å². The molecule has 1 aliphatic heterocycles. The van der Waals surface area contributed by atoms with Crippen molar-refractivity contribution in [1.29, 1.82) is 0 Å². The van der Waals surface area contributed by atoms with Gasteiger partial charge in [0.15, 0.2) is 0 Å². The smallest absolute Gasteiger partial charge is 0.119 e. The van der Waals surface area contributed by atoms with E-state index in [1.54, 1.807) is 7.11 Å². The molecule has 0 aliphatic carbocycles. The van der Waals surface area contributed by atoms with Gasteiger partial charge in [0.05, 0.1) is 13.4 Å². The van der Waals surface area contributed by atoms with Gasteiger partial charge in [0.2, 0.25) is 0 Å². The lowest BCUT2D eigenvalue weighted by molar-refractivity contribution is 0.414. The summed E-state index contributed by atoms with van der Waals surface area (Å²) < 4.78 is 7.38. The van der Waals surface area contributed by atoms with Gasteiger partial charge in [-0.3, -0.25) is 0 Å². The Bertz CT molecular complexity index is 527. The molecule has 4 heteroatoms. The van der Waals surface area contributed by atoms with E-state index in [-0.39, 0.29) is 0 Å². The van der Waals surface area contributed by atoms with Gasteiger partial charge in [-0.05, 0) is 43.7 Å². The number of aromatic nitrogens is 2. The minimum atomic E-state index is 0.554. The van der Waals surface area contributed by atoms with Crippen LogP contribution in [0.25, 0.3) is 5.69 Å². The average molecular weight is 257 g/mol. The average Bonchev–Trinajstić information content (AvgIpc) is 2.98. The molecule has 3 rings (SSSR count). The predicted octanol–water partition coefficient (Wildman–Crippen LogP) is 2.35. The molecule has 0 radical (unpaired) electrons. The number of ether oxygens (including phenoxy) is 1. The molecule has 1 aliphatic rings. The molecule has 1 atom stereocenters. The van der Waals surface area contributed by atoms with Crippen molar-refractivity contribution in [2.45, 2.75) is 18.8 Å². The fraction of sp³-hybridized carbons (Fsp3) is 0.400. The van der Waals surface area contributed by atoms with Gasteiger partial charge in [0, 0.05) is 30.0 Å². The Hall–Kier alpha value is -1.81. The van der Waals surface area contributed by atoms with Gasteiger partial charge in [0.25, 0.3) is 0 Å². The maximum absolute atomic E-state index is 5.20. The maximum Gasteiger partial charge on any atom is 0.119 e. The molecule has 100 valence electrons. The zero-order valence-corrected chi connectivity index (χ0v) is 11.2. The van der Waals surface area contributed by atoms with Gasteiger partial charge in [0.1, 0.15) is 5.75 Å². The van der Waals surface area contributed by atoms with E-state index < -0.39 is 0 Å². The van der Waals surface area contributed by atoms with Crippen molar-refractivity contribution in [3.8, 4) is 11.4 Å². The zero-order valence-electron chi connectivity index (χ0n) is 11.2. The van der Waals surface area contributed by atoms with Crippen LogP contribution in [0.2, 0.25) is 0 Å². The number of nitrogens with one attached hydrogen (secondary N) is 1. The number of hydrogen-bond acceptors (Lipinski definition) is 3. The van der Waals surface area contributed by atoms with Crippen molar-refractivity contribution in [1.82, 2.24) is 14.9 Å². The molecule has 1 aromatic carbocycles. The van der Waals surface area contributed by atoms with Crippen LogP contribution in [0.1, 0.15) is 24.5 Å². The summed E-state index contributed by atoms with van der Waals surface area (Å²) in [6, 6.07) is 8.11. The number of methoxy groups -OCH3 is 1. The summed E-state index contributed by atoms with van der Waals surface area (Å²) in [6.07, 6.45) is 6.35. The van der Waals surface area contributed by atoms with Gasteiger partial charge in [-0.15, -0.1) is 0 Å². The quantitative estimate of drug-likeness (QED) is 0.917. The van der Waals surface area contributed by atoms with Gasteiger partial charge in [-0.2, -0.15) is 0 Å². The summed E-state index contributed by atoms with van der Waals surface area (Å²) in [5, 5.41) is 3.46. The van der Waals surface area contributed by atoms with Crippen molar-refractivity contribution in [2.24, 2.45) is 0 Å². The van der Waals surface area contributed by atoms with Crippen LogP contribution in [-0.2, 0) is 0 Å². The third-order valence-electron chi connectivity index (χ3n) is 3.73. The highest BCUT2D eigenvalue weighted by Crippen LogP contribution is 2.26. The zero-order chi connectivity index (χ0) is 13.1. The molecule has 0 spiro atoms. The van der Waals surface area contributed by atoms with Crippen molar-refractivity contribution >= 4 is 0 Å². The van der Waals surface area contributed by atoms with E-state index in [0.29, 0.717) is 5.92 Å². The van der Waals surface area contributed by atoms with Gasteiger partial charge in [-0.25, -0.2) is 4.98 Å². The summed E-state index contributed by atoms with van der Waals surface area (Å²) in [7, 11) is 1.69. The maximum atomic E-state index is 5.20. The van der Waals surface area contributed by atoms with Crippen LogP contribution >= 0.6 is 0 Å². The number of nitrogens with zero attached hydrogens (tertiary/aromatic N) is 2. The van der Waals surface area contributed by atoms with Crippen LogP contribution in [0, 0.1) is 0 Å². The molecule has 1 saturated heterocycles. The largest absolute Gasteiger partial charge is 0.497 e. The van der Waals surface area contributed by atoms with Crippen molar-refractivity contribution in [3.05, 3.63) is 42.5 Å². The second kappa shape index (κ2) is 5.45. The molecule has 0 bridgehead atoms. The molecule has 1 N–H and O–H groups in total. The lowest BCUT2D eigenvalue weighted by Gasteiger charge is -2.23. The van der Waals surface area contributed by atoms with Gasteiger partial charge < -0.3 is 14.6 Å². The van der Waals surface area contributed by atoms with E-state index in [1.807, 2.05) is 24.7 Å². The van der Waals surface area contributed by atoms with Crippen LogP contribution in [0.15, 0.2) is 36.8 Å². The van der Waals surface area contributed by atoms with E-state index in [0.717, 1.165) is 24.5 Å². The highest BCUT2D eigenvalue weighted by Gasteiger charge is 2.19. The second-order valence-electron chi connectivity index (χ2n) is 4.93. The Morgan fingerprint density at radius 2 is 2.16 bits per heavy atom. The summed E-state index contributed by atoms with van der Waals surface area (Å²) in [6.45, 7) is 2.18. The van der Waals surface area contributed by atoms with Gasteiger partial charge >= 0.3 is 0 Å². The minimum absolute atomic E-state index is 0.554. The molecule has 19 heavy (non-hydrogen) atoms. The topological polar surface area (TPSA) is 39.1 Å². The fourth-order valence-corrected chi connectivity index (χ4v) is 2.67. The molecule has 2 heterocycles. The first-order valence-electron chi connectivity index (χ1n) is 6.76. The molecule has 4 nitrogen and oxygen atoms in total. The van der Waals surface area contributed by atoms with Crippen LogP contribution in [0.3, 0.4) is 0 Å². The normalized spacial score (nSPS) is 19.3. The molecule has 1 unspecified atom stereocenters. The summed E-state index contributed by atoms with van der Waals surface area (Å²) >= 11 is 0. The third kappa shape index (κ3) is 2.49. The standard InChI is InChI=1S/C15H19N3O/c1-19-14-6-4-13(5-7-14)18-11-17-10-15(18)12-3-2-8-16-9-12/h4-7,10-12,16H,2-3,8-9H2,1H3. The summed E-state index contributed by atoms with van der Waals surface area (Å²) in [5.41, 5.74) is 2.43. The lowest BCUT2D eigenvalue weighted by atomic mass is 9.96. The highest BCUT2D eigenvalue weighted by atomic mass is 16.5.